The lowest BCUT2D eigenvalue weighted by Crippen LogP contribution is -2.31. The number of hydrogen-bond acceptors (Lipinski definition) is 9. The molecule has 1 fully saturated rings. The Labute approximate surface area is 240 Å². The zero-order valence-electron chi connectivity index (χ0n) is 22.7. The lowest BCUT2D eigenvalue weighted by molar-refractivity contribution is -0.142. The Morgan fingerprint density at radius 3 is 2.69 bits per heavy atom. The van der Waals surface area contributed by atoms with E-state index in [-0.39, 0.29) is 34.7 Å². The Bertz CT molecular complexity index is 1570. The highest BCUT2D eigenvalue weighted by Crippen LogP contribution is 2.38. The molecule has 5 rings (SSSR count). The first kappa shape index (κ1) is 28.6. The number of nitrogen functional groups attached to an aromatic ring is 1. The van der Waals surface area contributed by atoms with Crippen molar-refractivity contribution in [3.63, 3.8) is 0 Å². The van der Waals surface area contributed by atoms with Crippen LogP contribution in [0.3, 0.4) is 0 Å². The van der Waals surface area contributed by atoms with E-state index in [1.165, 1.54) is 18.2 Å². The summed E-state index contributed by atoms with van der Waals surface area (Å²) >= 11 is 0. The van der Waals surface area contributed by atoms with Gasteiger partial charge in [-0.2, -0.15) is 4.39 Å². The zero-order valence-corrected chi connectivity index (χ0v) is 22.7. The van der Waals surface area contributed by atoms with Gasteiger partial charge in [0.25, 0.3) is 5.88 Å². The molecule has 220 valence electrons. The number of halogens is 2. The minimum Gasteiger partial charge on any atom is -0.504 e. The van der Waals surface area contributed by atoms with Crippen LogP contribution >= 0.6 is 0 Å². The number of aromatic hydroxyl groups is 1. The van der Waals surface area contributed by atoms with E-state index >= 15 is 4.39 Å². The molecule has 1 saturated carbocycles. The van der Waals surface area contributed by atoms with E-state index in [4.69, 9.17) is 20.6 Å². The third-order valence-electron chi connectivity index (χ3n) is 7.26. The van der Waals surface area contributed by atoms with Gasteiger partial charge in [-0.05, 0) is 55.7 Å². The number of nitrogens with one attached hydrogen (secondary N) is 2. The molecule has 11 nitrogen and oxygen atoms in total. The number of rotatable bonds is 9. The van der Waals surface area contributed by atoms with Gasteiger partial charge >= 0.3 is 5.97 Å². The van der Waals surface area contributed by atoms with Crippen LogP contribution in [-0.4, -0.2) is 63.9 Å². The number of aromatic nitrogens is 1. The molecule has 13 heteroatoms. The molecule has 1 aliphatic heterocycles. The molecule has 0 saturated heterocycles. The predicted octanol–water partition coefficient (Wildman–Crippen LogP) is 4.68. The summed E-state index contributed by atoms with van der Waals surface area (Å²) < 4.78 is 41.7. The molecule has 1 aliphatic carbocycles. The maximum atomic E-state index is 15.6. The average molecular weight is 581 g/mol. The Hall–Kier alpha value is -4.94. The van der Waals surface area contributed by atoms with Gasteiger partial charge in [0.15, 0.2) is 17.3 Å². The van der Waals surface area contributed by atoms with Gasteiger partial charge in [0, 0.05) is 30.9 Å². The number of aliphatic carboxylic acids is 1. The smallest absolute Gasteiger partial charge is 0.306 e. The lowest BCUT2D eigenvalue weighted by Gasteiger charge is -2.28. The standard InChI is InChI=1S/C29H30F2N6O5/c1-37-10-9-34-27(37)19-13-18(36-17-4-2-3-16(11-17)29(39)40)6-8-22(19)41-25-20(30)14-35-28(24(25)31)42-23-12-15(26(32)33)5-7-21(23)38/h5-8,12-14,16-17,36,38H,2-4,9-11H2,1H3,(H3,32,33)(H,39,40). The van der Waals surface area contributed by atoms with Crippen molar-refractivity contribution in [2.24, 2.45) is 16.6 Å². The van der Waals surface area contributed by atoms with Crippen molar-refractivity contribution in [3.8, 4) is 28.9 Å². The molecule has 2 heterocycles. The number of carboxylic acid groups (broad SMARTS) is 1. The van der Waals surface area contributed by atoms with Crippen molar-refractivity contribution in [2.75, 3.05) is 25.5 Å². The van der Waals surface area contributed by atoms with E-state index in [2.05, 4.69) is 15.3 Å². The van der Waals surface area contributed by atoms with E-state index < -0.39 is 35.2 Å². The zero-order chi connectivity index (χ0) is 30.0. The number of pyridine rings is 1. The number of carbonyl (C=O) groups is 1. The largest absolute Gasteiger partial charge is 0.504 e. The topological polar surface area (TPSA) is 166 Å². The normalized spacial score (nSPS) is 18.4. The fraction of sp³-hybridized carbons (Fsp3) is 0.310. The van der Waals surface area contributed by atoms with Gasteiger partial charge in [0.05, 0.1) is 24.2 Å². The summed E-state index contributed by atoms with van der Waals surface area (Å²) in [6, 6.07) is 8.81. The van der Waals surface area contributed by atoms with Crippen molar-refractivity contribution in [1.82, 2.24) is 9.88 Å². The Morgan fingerprint density at radius 2 is 1.98 bits per heavy atom. The highest BCUT2D eigenvalue weighted by molar-refractivity contribution is 6.03. The number of amidine groups is 2. The second kappa shape index (κ2) is 11.9. The van der Waals surface area contributed by atoms with Crippen LogP contribution in [0.25, 0.3) is 0 Å². The van der Waals surface area contributed by atoms with Crippen LogP contribution in [0, 0.1) is 23.0 Å². The number of phenols is 1. The van der Waals surface area contributed by atoms with Crippen LogP contribution in [0.15, 0.2) is 47.6 Å². The Balaban J connectivity index is 1.45. The van der Waals surface area contributed by atoms with Crippen LogP contribution in [-0.2, 0) is 4.79 Å². The fourth-order valence-electron chi connectivity index (χ4n) is 5.06. The number of nitrogens with two attached hydrogens (primary N) is 1. The molecular formula is C29H30F2N6O5. The third kappa shape index (κ3) is 6.04. The third-order valence-corrected chi connectivity index (χ3v) is 7.26. The van der Waals surface area contributed by atoms with Crippen molar-refractivity contribution in [1.29, 1.82) is 5.41 Å². The number of aliphatic imine (C=N–C) groups is 1. The van der Waals surface area contributed by atoms with E-state index in [0.717, 1.165) is 19.0 Å². The predicted molar refractivity (Wildman–Crippen MR) is 151 cm³/mol. The first-order valence-corrected chi connectivity index (χ1v) is 13.4. The Morgan fingerprint density at radius 1 is 1.17 bits per heavy atom. The molecule has 0 amide bonds. The summed E-state index contributed by atoms with van der Waals surface area (Å²) in [7, 11) is 1.84. The van der Waals surface area contributed by atoms with Crippen LogP contribution < -0.4 is 20.5 Å². The van der Waals surface area contributed by atoms with Crippen LogP contribution in [0.5, 0.6) is 28.9 Å². The van der Waals surface area contributed by atoms with Gasteiger partial charge in [-0.25, -0.2) is 9.37 Å². The monoisotopic (exact) mass is 580 g/mol. The maximum absolute atomic E-state index is 15.6. The summed E-state index contributed by atoms with van der Waals surface area (Å²) in [6.07, 6.45) is 3.48. The molecule has 6 N–H and O–H groups in total. The quantitative estimate of drug-likeness (QED) is 0.178. The number of benzene rings is 2. The summed E-state index contributed by atoms with van der Waals surface area (Å²) in [6.45, 7) is 1.18. The number of anilines is 1. The Kier molecular flexibility index (Phi) is 8.09. The molecule has 0 bridgehead atoms. The summed E-state index contributed by atoms with van der Waals surface area (Å²) in [4.78, 5) is 21.6. The molecule has 2 aromatic carbocycles. The molecule has 0 radical (unpaired) electrons. The van der Waals surface area contributed by atoms with E-state index in [1.807, 2.05) is 11.9 Å². The molecule has 3 aromatic rings. The summed E-state index contributed by atoms with van der Waals surface area (Å²) in [5.74, 6) is -5.21. The minimum atomic E-state index is -1.25. The molecule has 42 heavy (non-hydrogen) atoms. The number of carboxylic acids is 1. The molecule has 2 atom stereocenters. The van der Waals surface area contributed by atoms with Crippen molar-refractivity contribution in [3.05, 3.63) is 65.4 Å². The van der Waals surface area contributed by atoms with Gasteiger partial charge in [0.1, 0.15) is 17.4 Å². The number of hydrogen-bond donors (Lipinski definition) is 5. The minimum absolute atomic E-state index is 0.0459. The average Bonchev–Trinajstić information content (AvgIpc) is 3.39. The van der Waals surface area contributed by atoms with Gasteiger partial charge in [-0.3, -0.25) is 15.2 Å². The van der Waals surface area contributed by atoms with Crippen molar-refractivity contribution < 1.29 is 33.3 Å². The van der Waals surface area contributed by atoms with Crippen molar-refractivity contribution >= 4 is 23.3 Å². The fourth-order valence-corrected chi connectivity index (χ4v) is 5.06. The molecule has 0 spiro atoms. The van der Waals surface area contributed by atoms with Crippen LogP contribution in [0.4, 0.5) is 14.5 Å². The van der Waals surface area contributed by atoms with E-state index in [9.17, 15) is 19.4 Å². The lowest BCUT2D eigenvalue weighted by atomic mass is 9.85. The molecule has 2 aliphatic rings. The summed E-state index contributed by atoms with van der Waals surface area (Å²) in [5.41, 5.74) is 6.88. The molecule has 2 unspecified atom stereocenters. The van der Waals surface area contributed by atoms with Gasteiger partial charge in [0.2, 0.25) is 11.6 Å². The second-order valence-electron chi connectivity index (χ2n) is 10.2. The van der Waals surface area contributed by atoms with Gasteiger partial charge in [-0.15, -0.1) is 0 Å². The first-order chi connectivity index (χ1) is 20.1. The van der Waals surface area contributed by atoms with Crippen LogP contribution in [0.1, 0.15) is 36.8 Å². The first-order valence-electron chi connectivity index (χ1n) is 13.4. The number of nitrogens with zero attached hydrogens (tertiary/aromatic N) is 3. The highest BCUT2D eigenvalue weighted by atomic mass is 19.1. The van der Waals surface area contributed by atoms with Crippen LogP contribution in [0.2, 0.25) is 0 Å². The summed E-state index contributed by atoms with van der Waals surface area (Å²) in [5, 5.41) is 30.6. The molecular weight excluding hydrogens is 550 g/mol. The maximum Gasteiger partial charge on any atom is 0.306 e. The number of phenolic OH excluding ortho intramolecular Hbond substituents is 1. The number of ether oxygens (including phenoxy) is 2. The van der Waals surface area contributed by atoms with E-state index in [0.29, 0.717) is 43.0 Å². The van der Waals surface area contributed by atoms with Gasteiger partial charge < -0.3 is 35.6 Å². The van der Waals surface area contributed by atoms with E-state index in [1.54, 1.807) is 18.2 Å². The number of likely N-dealkylation sites (N-methyl/N-ethyl adjacent to an activating group) is 1. The van der Waals surface area contributed by atoms with Crippen molar-refractivity contribution in [2.45, 2.75) is 31.7 Å². The van der Waals surface area contributed by atoms with Gasteiger partial charge in [-0.1, -0.05) is 6.42 Å². The second-order valence-corrected chi connectivity index (χ2v) is 10.2. The highest BCUT2D eigenvalue weighted by Gasteiger charge is 2.28. The SMILES string of the molecule is CN1CCN=C1c1cc(NC2CCCC(C(=O)O)C2)ccc1Oc1c(F)cnc(Oc2cc(C(=N)N)ccc2O)c1F. The molecule has 1 aromatic heterocycles.